The van der Waals surface area contributed by atoms with Crippen molar-refractivity contribution in [1.29, 1.82) is 5.26 Å². The highest BCUT2D eigenvalue weighted by molar-refractivity contribution is 7.22. The molecule has 0 saturated heterocycles. The Morgan fingerprint density at radius 1 is 1.20 bits per heavy atom. The average molecular weight is 414 g/mol. The maximum atomic E-state index is 13.4. The summed E-state index contributed by atoms with van der Waals surface area (Å²) in [6.07, 6.45) is 3.43. The van der Waals surface area contributed by atoms with Crippen LogP contribution in [0.15, 0.2) is 60.9 Å². The van der Waals surface area contributed by atoms with E-state index in [9.17, 15) is 4.79 Å². The van der Waals surface area contributed by atoms with Gasteiger partial charge >= 0.3 is 0 Å². The lowest BCUT2D eigenvalue weighted by molar-refractivity contribution is 0.0985. The van der Waals surface area contributed by atoms with E-state index < -0.39 is 0 Å². The molecule has 0 radical (unpaired) electrons. The molecule has 0 bridgehead atoms. The predicted molar refractivity (Wildman–Crippen MR) is 117 cm³/mol. The first-order valence-corrected chi connectivity index (χ1v) is 10.1. The molecule has 2 aromatic heterocycles. The third-order valence-corrected chi connectivity index (χ3v) is 5.93. The number of ether oxygens (including phenoxy) is 1. The summed E-state index contributed by atoms with van der Waals surface area (Å²) in [7, 11) is 1.61. The number of thiazole rings is 1. The minimum absolute atomic E-state index is 0.195. The Bertz CT molecular complexity index is 1240. The molecule has 0 N–H and O–H groups in total. The van der Waals surface area contributed by atoms with Crippen LogP contribution >= 0.6 is 11.3 Å². The summed E-state index contributed by atoms with van der Waals surface area (Å²) >= 11 is 1.45. The Balaban J connectivity index is 1.80. The van der Waals surface area contributed by atoms with Crippen LogP contribution < -0.4 is 9.64 Å². The number of anilines is 1. The van der Waals surface area contributed by atoms with E-state index in [2.05, 4.69) is 11.1 Å². The molecule has 0 aliphatic heterocycles. The molecule has 2 heterocycles. The molecule has 4 rings (SSSR count). The largest absolute Gasteiger partial charge is 0.494 e. The number of aryl methyl sites for hydroxylation is 1. The molecule has 6 nitrogen and oxygen atoms in total. The van der Waals surface area contributed by atoms with Gasteiger partial charge in [-0.1, -0.05) is 23.5 Å². The number of pyridine rings is 1. The molecular weight excluding hydrogens is 396 g/mol. The summed E-state index contributed by atoms with van der Waals surface area (Å²) in [6.45, 7) is 2.34. The molecule has 0 spiro atoms. The summed E-state index contributed by atoms with van der Waals surface area (Å²) in [4.78, 5) is 24.0. The van der Waals surface area contributed by atoms with E-state index in [1.165, 1.54) is 11.3 Å². The van der Waals surface area contributed by atoms with Crippen molar-refractivity contribution >= 4 is 32.6 Å². The summed E-state index contributed by atoms with van der Waals surface area (Å²) in [5, 5.41) is 9.61. The van der Waals surface area contributed by atoms with E-state index in [4.69, 9.17) is 15.0 Å². The number of hydrogen-bond acceptors (Lipinski definition) is 6. The number of nitrogens with zero attached hydrogens (tertiary/aromatic N) is 4. The fraction of sp³-hybridized carbons (Fsp3) is 0.130. The number of nitriles is 1. The monoisotopic (exact) mass is 414 g/mol. The maximum Gasteiger partial charge on any atom is 0.260 e. The van der Waals surface area contributed by atoms with Gasteiger partial charge in [-0.25, -0.2) is 4.98 Å². The Kier molecular flexibility index (Phi) is 5.42. The molecule has 2 aromatic carbocycles. The molecule has 0 atom stereocenters. The third-order valence-electron chi connectivity index (χ3n) is 4.71. The zero-order valence-corrected chi connectivity index (χ0v) is 17.3. The third kappa shape index (κ3) is 3.73. The minimum Gasteiger partial charge on any atom is -0.494 e. The highest BCUT2D eigenvalue weighted by Gasteiger charge is 2.23. The Morgan fingerprint density at radius 3 is 2.67 bits per heavy atom. The van der Waals surface area contributed by atoms with Crippen molar-refractivity contribution < 1.29 is 9.53 Å². The van der Waals surface area contributed by atoms with Gasteiger partial charge in [0, 0.05) is 18.0 Å². The summed E-state index contributed by atoms with van der Waals surface area (Å²) in [5.41, 5.74) is 3.69. The van der Waals surface area contributed by atoms with Crippen molar-refractivity contribution in [2.45, 2.75) is 13.5 Å². The summed E-state index contributed by atoms with van der Waals surface area (Å²) in [5.74, 6) is 0.476. The van der Waals surface area contributed by atoms with Gasteiger partial charge in [0.15, 0.2) is 5.13 Å². The van der Waals surface area contributed by atoms with Gasteiger partial charge < -0.3 is 4.74 Å². The fourth-order valence-electron chi connectivity index (χ4n) is 3.12. The number of carbonyl (C=O) groups excluding carboxylic acids is 1. The normalized spacial score (nSPS) is 10.6. The first kappa shape index (κ1) is 19.6. The molecule has 0 fully saturated rings. The Labute approximate surface area is 178 Å². The first-order valence-electron chi connectivity index (χ1n) is 9.26. The zero-order valence-electron chi connectivity index (χ0n) is 16.5. The summed E-state index contributed by atoms with van der Waals surface area (Å²) in [6, 6.07) is 16.3. The molecule has 30 heavy (non-hydrogen) atoms. The second-order valence-electron chi connectivity index (χ2n) is 6.70. The van der Waals surface area contributed by atoms with Crippen molar-refractivity contribution in [2.75, 3.05) is 12.0 Å². The van der Waals surface area contributed by atoms with Crippen LogP contribution in [0.2, 0.25) is 0 Å². The van der Waals surface area contributed by atoms with E-state index in [1.54, 1.807) is 48.7 Å². The fourth-order valence-corrected chi connectivity index (χ4v) is 4.17. The van der Waals surface area contributed by atoms with Crippen LogP contribution in [0.1, 0.15) is 27.0 Å². The highest BCUT2D eigenvalue weighted by atomic mass is 32.1. The lowest BCUT2D eigenvalue weighted by Gasteiger charge is -2.20. The second kappa shape index (κ2) is 8.31. The molecular formula is C23H18N4O2S. The van der Waals surface area contributed by atoms with Gasteiger partial charge in [0.25, 0.3) is 5.91 Å². The second-order valence-corrected chi connectivity index (χ2v) is 7.68. The average Bonchev–Trinajstić information content (AvgIpc) is 3.24. The number of methoxy groups -OCH3 is 1. The van der Waals surface area contributed by atoms with Crippen molar-refractivity contribution in [3.8, 4) is 11.8 Å². The van der Waals surface area contributed by atoms with E-state index in [1.807, 2.05) is 31.2 Å². The molecule has 0 aliphatic rings. The highest BCUT2D eigenvalue weighted by Crippen LogP contribution is 2.37. The maximum absolute atomic E-state index is 13.4. The van der Waals surface area contributed by atoms with Crippen LogP contribution in [0.5, 0.6) is 5.75 Å². The van der Waals surface area contributed by atoms with E-state index in [-0.39, 0.29) is 5.91 Å². The zero-order chi connectivity index (χ0) is 21.1. The van der Waals surface area contributed by atoms with E-state index in [0.29, 0.717) is 28.6 Å². The minimum atomic E-state index is -0.195. The van der Waals surface area contributed by atoms with Gasteiger partial charge in [-0.05, 0) is 54.4 Å². The lowest BCUT2D eigenvalue weighted by Crippen LogP contribution is -2.30. The van der Waals surface area contributed by atoms with Crippen molar-refractivity contribution in [3.05, 3.63) is 83.2 Å². The van der Waals surface area contributed by atoms with E-state index >= 15 is 0 Å². The molecule has 4 aromatic rings. The number of fused-ring (bicyclic) bond motifs is 1. The lowest BCUT2D eigenvalue weighted by atomic mass is 10.1. The van der Waals surface area contributed by atoms with Crippen molar-refractivity contribution in [1.82, 2.24) is 9.97 Å². The number of benzene rings is 2. The van der Waals surface area contributed by atoms with Crippen LogP contribution in [-0.4, -0.2) is 23.0 Å². The van der Waals surface area contributed by atoms with Crippen molar-refractivity contribution in [2.24, 2.45) is 0 Å². The van der Waals surface area contributed by atoms with Gasteiger partial charge in [-0.15, -0.1) is 0 Å². The smallest absolute Gasteiger partial charge is 0.260 e. The molecule has 0 unspecified atom stereocenters. The van der Waals surface area contributed by atoms with Gasteiger partial charge in [-0.2, -0.15) is 5.26 Å². The molecule has 0 aliphatic carbocycles. The van der Waals surface area contributed by atoms with Crippen LogP contribution in [-0.2, 0) is 6.54 Å². The standard InChI is InChI=1S/C23H18N4O2S/c1-15-5-10-19(29-2)20-21(15)30-23(26-20)27(14-17-4-3-11-25-13-17)22(28)18-8-6-16(12-24)7-9-18/h3-11,13H,14H2,1-2H3. The first-order chi connectivity index (χ1) is 14.6. The Hall–Kier alpha value is -3.76. The van der Waals surface area contributed by atoms with Gasteiger partial charge in [0.1, 0.15) is 11.3 Å². The van der Waals surface area contributed by atoms with Crippen LogP contribution in [0.4, 0.5) is 5.13 Å². The number of aromatic nitrogens is 2. The van der Waals surface area contributed by atoms with Crippen molar-refractivity contribution in [3.63, 3.8) is 0 Å². The SMILES string of the molecule is COc1ccc(C)c2sc(N(Cc3cccnc3)C(=O)c3ccc(C#N)cc3)nc12. The molecule has 0 saturated carbocycles. The topological polar surface area (TPSA) is 79.1 Å². The number of hydrogen-bond donors (Lipinski definition) is 0. The van der Waals surface area contributed by atoms with Gasteiger partial charge in [0.2, 0.25) is 0 Å². The molecule has 7 heteroatoms. The Morgan fingerprint density at radius 2 is 2.00 bits per heavy atom. The number of amides is 1. The predicted octanol–water partition coefficient (Wildman–Crippen LogP) is 4.73. The van der Waals surface area contributed by atoms with Crippen LogP contribution in [0, 0.1) is 18.3 Å². The van der Waals surface area contributed by atoms with E-state index in [0.717, 1.165) is 21.3 Å². The van der Waals surface area contributed by atoms with Gasteiger partial charge in [0.05, 0.1) is 30.0 Å². The number of rotatable bonds is 5. The number of carbonyl (C=O) groups is 1. The van der Waals surface area contributed by atoms with Gasteiger partial charge in [-0.3, -0.25) is 14.7 Å². The van der Waals surface area contributed by atoms with Crippen LogP contribution in [0.3, 0.4) is 0 Å². The van der Waals surface area contributed by atoms with Crippen LogP contribution in [0.25, 0.3) is 10.2 Å². The molecule has 148 valence electrons. The quantitative estimate of drug-likeness (QED) is 0.472. The molecule has 1 amide bonds. The summed E-state index contributed by atoms with van der Waals surface area (Å²) < 4.78 is 6.44.